The van der Waals surface area contributed by atoms with Crippen LogP contribution in [-0.2, 0) is 4.74 Å². The van der Waals surface area contributed by atoms with Gasteiger partial charge in [-0.25, -0.2) is 0 Å². The molecule has 0 aromatic carbocycles. The number of halogens is 1. The average Bonchev–Trinajstić information content (AvgIpc) is 3.06. The maximum Gasteiger partial charge on any atom is 0.193 e. The van der Waals surface area contributed by atoms with Crippen LogP contribution in [0.1, 0.15) is 39.0 Å². The van der Waals surface area contributed by atoms with Crippen LogP contribution in [0.4, 0.5) is 0 Å². The molecule has 124 valence electrons. The minimum atomic E-state index is -0.571. The molecule has 0 aromatic rings. The van der Waals surface area contributed by atoms with Gasteiger partial charge in [-0.2, -0.15) is 0 Å². The molecule has 0 aromatic heterocycles. The van der Waals surface area contributed by atoms with E-state index < -0.39 is 5.60 Å². The molecular formula is C15H30IN3O2. The number of nitrogens with zero attached hydrogens (tertiary/aromatic N) is 2. The molecule has 1 atom stereocenters. The normalized spacial score (nSPS) is 24.7. The number of hydrogen-bond donors (Lipinski definition) is 2. The van der Waals surface area contributed by atoms with Gasteiger partial charge in [-0.1, -0.05) is 12.8 Å². The number of aliphatic imine (C=N–C) groups is 1. The summed E-state index contributed by atoms with van der Waals surface area (Å²) in [6, 6.07) is 0. The van der Waals surface area contributed by atoms with E-state index in [0.717, 1.165) is 64.4 Å². The van der Waals surface area contributed by atoms with E-state index in [-0.39, 0.29) is 24.0 Å². The fourth-order valence-electron chi connectivity index (χ4n) is 3.08. The molecule has 2 aliphatic rings. The second-order valence-corrected chi connectivity index (χ2v) is 6.21. The third-order valence-electron chi connectivity index (χ3n) is 4.31. The van der Waals surface area contributed by atoms with E-state index in [2.05, 4.69) is 29.2 Å². The molecular weight excluding hydrogens is 381 g/mol. The van der Waals surface area contributed by atoms with Gasteiger partial charge >= 0.3 is 0 Å². The van der Waals surface area contributed by atoms with E-state index >= 15 is 0 Å². The van der Waals surface area contributed by atoms with E-state index in [1.807, 2.05) is 0 Å². The Bertz CT molecular complexity index is 327. The van der Waals surface area contributed by atoms with Gasteiger partial charge < -0.3 is 20.1 Å². The number of ether oxygens (including phenoxy) is 1. The maximum absolute atomic E-state index is 10.4. The molecule has 0 spiro atoms. The number of hydrogen-bond acceptors (Lipinski definition) is 3. The molecule has 1 saturated heterocycles. The van der Waals surface area contributed by atoms with E-state index in [1.165, 1.54) is 0 Å². The lowest BCUT2D eigenvalue weighted by Crippen LogP contribution is -2.42. The highest BCUT2D eigenvalue weighted by Gasteiger charge is 2.31. The van der Waals surface area contributed by atoms with Crippen molar-refractivity contribution in [3.63, 3.8) is 0 Å². The van der Waals surface area contributed by atoms with E-state index in [4.69, 9.17) is 4.74 Å². The summed E-state index contributed by atoms with van der Waals surface area (Å²) in [5, 5.41) is 13.7. The monoisotopic (exact) mass is 411 g/mol. The smallest absolute Gasteiger partial charge is 0.193 e. The number of guanidine groups is 1. The highest BCUT2D eigenvalue weighted by atomic mass is 127. The Labute approximate surface area is 145 Å². The summed E-state index contributed by atoms with van der Waals surface area (Å²) < 4.78 is 5.43. The van der Waals surface area contributed by atoms with Crippen molar-refractivity contribution >= 4 is 29.9 Å². The quantitative estimate of drug-likeness (QED) is 0.412. The van der Waals surface area contributed by atoms with Crippen molar-refractivity contribution in [3.8, 4) is 0 Å². The first-order valence-electron chi connectivity index (χ1n) is 7.92. The lowest BCUT2D eigenvalue weighted by Gasteiger charge is -2.26. The third-order valence-corrected chi connectivity index (χ3v) is 4.31. The molecule has 0 amide bonds. The maximum atomic E-state index is 10.4. The molecule has 0 radical (unpaired) electrons. The molecule has 21 heavy (non-hydrogen) atoms. The lowest BCUT2D eigenvalue weighted by atomic mass is 10.0. The average molecular weight is 411 g/mol. The van der Waals surface area contributed by atoms with Gasteiger partial charge in [0.15, 0.2) is 5.96 Å². The molecule has 2 N–H and O–H groups in total. The molecule has 1 aliphatic carbocycles. The fourth-order valence-corrected chi connectivity index (χ4v) is 3.08. The Hall–Kier alpha value is -0.0800. The predicted octanol–water partition coefficient (Wildman–Crippen LogP) is 1.84. The third kappa shape index (κ3) is 5.90. The van der Waals surface area contributed by atoms with Crippen LogP contribution in [0.5, 0.6) is 0 Å². The van der Waals surface area contributed by atoms with Crippen LogP contribution in [0.2, 0.25) is 0 Å². The highest BCUT2D eigenvalue weighted by molar-refractivity contribution is 14.0. The Morgan fingerprint density at radius 2 is 2.14 bits per heavy atom. The van der Waals surface area contributed by atoms with Gasteiger partial charge in [-0.15, -0.1) is 24.0 Å². The summed E-state index contributed by atoms with van der Waals surface area (Å²) in [6.07, 6.45) is 5.15. The Morgan fingerprint density at radius 3 is 2.71 bits per heavy atom. The lowest BCUT2D eigenvalue weighted by molar-refractivity contribution is 0.0572. The summed E-state index contributed by atoms with van der Waals surface area (Å²) in [4.78, 5) is 6.82. The Balaban J connectivity index is 0.00000220. The van der Waals surface area contributed by atoms with Crippen LogP contribution < -0.4 is 5.32 Å². The largest absolute Gasteiger partial charge is 0.388 e. The number of aliphatic hydroxyl groups is 1. The van der Waals surface area contributed by atoms with Crippen molar-refractivity contribution < 1.29 is 9.84 Å². The van der Waals surface area contributed by atoms with Crippen LogP contribution in [0, 0.1) is 5.92 Å². The van der Waals surface area contributed by atoms with E-state index in [1.54, 1.807) is 0 Å². The molecule has 1 heterocycles. The van der Waals surface area contributed by atoms with Gasteiger partial charge in [0.05, 0.1) is 18.8 Å². The van der Waals surface area contributed by atoms with Crippen LogP contribution in [-0.4, -0.2) is 61.5 Å². The zero-order valence-electron chi connectivity index (χ0n) is 13.3. The molecule has 5 nitrogen and oxygen atoms in total. The van der Waals surface area contributed by atoms with Crippen molar-refractivity contribution in [2.24, 2.45) is 10.9 Å². The van der Waals surface area contributed by atoms with Gasteiger partial charge in [0, 0.05) is 32.7 Å². The van der Waals surface area contributed by atoms with Gasteiger partial charge in [0.2, 0.25) is 0 Å². The molecule has 2 fully saturated rings. The molecule has 2 rings (SSSR count). The molecule has 1 unspecified atom stereocenters. The van der Waals surface area contributed by atoms with Crippen LogP contribution >= 0.6 is 24.0 Å². The SMILES string of the molecule is CCNC(=NCC1(O)CCCC1)N(C)CC1CCOC1.I. The first kappa shape index (κ1) is 19.0. The first-order chi connectivity index (χ1) is 9.63. The van der Waals surface area contributed by atoms with E-state index in [0.29, 0.717) is 12.5 Å². The highest BCUT2D eigenvalue weighted by Crippen LogP contribution is 2.29. The molecule has 6 heteroatoms. The van der Waals surface area contributed by atoms with Crippen molar-refractivity contribution in [1.29, 1.82) is 0 Å². The summed E-state index contributed by atoms with van der Waals surface area (Å²) >= 11 is 0. The van der Waals surface area contributed by atoms with Crippen LogP contribution in [0.3, 0.4) is 0 Å². The standard InChI is InChI=1S/C15H29N3O2.HI/c1-3-16-14(17-12-15(19)7-4-5-8-15)18(2)10-13-6-9-20-11-13;/h13,19H,3-12H2,1-2H3,(H,16,17);1H. The minimum Gasteiger partial charge on any atom is -0.388 e. The number of nitrogens with one attached hydrogen (secondary N) is 1. The zero-order chi connectivity index (χ0) is 14.4. The fraction of sp³-hybridized carbons (Fsp3) is 0.933. The van der Waals surface area contributed by atoms with Gasteiger partial charge in [-0.3, -0.25) is 4.99 Å². The second-order valence-electron chi connectivity index (χ2n) is 6.21. The van der Waals surface area contributed by atoms with Crippen molar-refractivity contribution in [1.82, 2.24) is 10.2 Å². The van der Waals surface area contributed by atoms with E-state index in [9.17, 15) is 5.11 Å². The Kier molecular flexibility index (Phi) is 8.26. The summed E-state index contributed by atoms with van der Waals surface area (Å²) in [5.41, 5.74) is -0.571. The zero-order valence-corrected chi connectivity index (χ0v) is 15.6. The second kappa shape index (κ2) is 9.15. The summed E-state index contributed by atoms with van der Waals surface area (Å²) in [7, 11) is 2.07. The van der Waals surface area contributed by atoms with Crippen molar-refractivity contribution in [3.05, 3.63) is 0 Å². The molecule has 1 saturated carbocycles. The van der Waals surface area contributed by atoms with Gasteiger partial charge in [0.1, 0.15) is 0 Å². The summed E-state index contributed by atoms with van der Waals surface area (Å²) in [5.74, 6) is 1.50. The van der Waals surface area contributed by atoms with Crippen LogP contribution in [0.25, 0.3) is 0 Å². The van der Waals surface area contributed by atoms with Crippen molar-refractivity contribution in [2.45, 2.75) is 44.6 Å². The van der Waals surface area contributed by atoms with Crippen LogP contribution in [0.15, 0.2) is 4.99 Å². The first-order valence-corrected chi connectivity index (χ1v) is 7.92. The topological polar surface area (TPSA) is 57.1 Å². The minimum absolute atomic E-state index is 0. The molecule has 1 aliphatic heterocycles. The Morgan fingerprint density at radius 1 is 1.43 bits per heavy atom. The van der Waals surface area contributed by atoms with Gasteiger partial charge in [-0.05, 0) is 26.2 Å². The number of rotatable bonds is 5. The van der Waals surface area contributed by atoms with Gasteiger partial charge in [0.25, 0.3) is 0 Å². The molecule has 0 bridgehead atoms. The predicted molar refractivity (Wildman–Crippen MR) is 96.4 cm³/mol. The van der Waals surface area contributed by atoms with Crippen molar-refractivity contribution in [2.75, 3.05) is 39.9 Å². The summed E-state index contributed by atoms with van der Waals surface area (Å²) in [6.45, 7) is 6.14.